The van der Waals surface area contributed by atoms with Crippen LogP contribution in [0.3, 0.4) is 0 Å². The number of rotatable bonds is 11. The molecule has 2 aliphatic heterocycles. The average Bonchev–Trinajstić information content (AvgIpc) is 3.06. The zero-order chi connectivity index (χ0) is 31.6. The maximum Gasteiger partial charge on any atom is 0.223 e. The number of nitrogens with one attached hydrogen (secondary N) is 1. The van der Waals surface area contributed by atoms with Crippen LogP contribution in [0.1, 0.15) is 30.3 Å². The van der Waals surface area contributed by atoms with E-state index in [1.807, 2.05) is 23.1 Å². The van der Waals surface area contributed by atoms with Gasteiger partial charge in [-0.15, -0.1) is 12.4 Å². The Morgan fingerprint density at radius 3 is 2.30 bits per heavy atom. The lowest BCUT2D eigenvalue weighted by atomic mass is 10.1. The van der Waals surface area contributed by atoms with Gasteiger partial charge in [0.15, 0.2) is 5.16 Å². The highest BCUT2D eigenvalue weighted by atomic mass is 35.5. The number of hydrogen-bond donors (Lipinski definition) is 2. The summed E-state index contributed by atoms with van der Waals surface area (Å²) < 4.78 is 5.43. The number of morpholine rings is 1. The third-order valence-corrected chi connectivity index (χ3v) is 8.76. The van der Waals surface area contributed by atoms with Crippen molar-refractivity contribution in [3.05, 3.63) is 59.4 Å². The Kier molecular flexibility index (Phi) is 13.1. The van der Waals surface area contributed by atoms with E-state index >= 15 is 0 Å². The smallest absolute Gasteiger partial charge is 0.223 e. The fourth-order valence-electron chi connectivity index (χ4n) is 5.36. The molecule has 0 atom stereocenters. The molecule has 2 fully saturated rings. The number of carbonyl (C=O) groups excluding carboxylic acids is 2. The predicted molar refractivity (Wildman–Crippen MR) is 181 cm³/mol. The number of amides is 2. The van der Waals surface area contributed by atoms with Crippen molar-refractivity contribution in [3.63, 3.8) is 0 Å². The van der Waals surface area contributed by atoms with Crippen molar-refractivity contribution in [2.45, 2.75) is 30.7 Å². The summed E-state index contributed by atoms with van der Waals surface area (Å²) in [5.74, 6) is 0.608. The number of thioether (sulfide) groups is 1. The van der Waals surface area contributed by atoms with Crippen LogP contribution in [0.15, 0.2) is 47.6 Å². The lowest BCUT2D eigenvalue weighted by Crippen LogP contribution is -2.51. The number of aryl methyl sites for hydroxylation is 1. The number of carbonyl (C=O) groups is 2. The number of halogens is 1. The molecule has 12 nitrogen and oxygen atoms in total. The maximum absolute atomic E-state index is 13.0. The van der Waals surface area contributed by atoms with Crippen LogP contribution in [-0.4, -0.2) is 107 Å². The van der Waals surface area contributed by atoms with Crippen LogP contribution in [0.25, 0.3) is 11.3 Å². The van der Waals surface area contributed by atoms with Gasteiger partial charge in [-0.05, 0) is 30.7 Å². The van der Waals surface area contributed by atoms with E-state index in [1.165, 1.54) is 18.7 Å². The Bertz CT molecular complexity index is 1520. The lowest BCUT2D eigenvalue weighted by molar-refractivity contribution is -0.133. The molecule has 46 heavy (non-hydrogen) atoms. The van der Waals surface area contributed by atoms with E-state index in [4.69, 9.17) is 15.5 Å². The van der Waals surface area contributed by atoms with Gasteiger partial charge < -0.3 is 20.7 Å². The van der Waals surface area contributed by atoms with E-state index < -0.39 is 0 Å². The van der Waals surface area contributed by atoms with Gasteiger partial charge >= 0.3 is 0 Å². The highest BCUT2D eigenvalue weighted by molar-refractivity contribution is 7.98. The normalized spacial score (nSPS) is 15.5. The number of pyridine rings is 1. The Labute approximate surface area is 280 Å². The number of ether oxygens (including phenoxy) is 1. The summed E-state index contributed by atoms with van der Waals surface area (Å²) in [7, 11) is 0. The minimum absolute atomic E-state index is 0. The first-order valence-electron chi connectivity index (χ1n) is 15.2. The second-order valence-corrected chi connectivity index (χ2v) is 12.0. The number of anilines is 2. The number of nitriles is 1. The topological polar surface area (TPSA) is 154 Å². The summed E-state index contributed by atoms with van der Waals surface area (Å²) in [5.41, 5.74) is 9.81. The molecule has 2 aliphatic rings. The van der Waals surface area contributed by atoms with Gasteiger partial charge in [0.25, 0.3) is 0 Å². The molecule has 2 aromatic heterocycles. The molecule has 0 spiro atoms. The Balaban J connectivity index is 0.00000480. The summed E-state index contributed by atoms with van der Waals surface area (Å²) in [6, 6.07) is 15.0. The number of nitrogen functional groups attached to an aromatic ring is 1. The molecule has 0 radical (unpaired) electrons. The molecule has 0 unspecified atom stereocenters. The van der Waals surface area contributed by atoms with Crippen LogP contribution in [0.4, 0.5) is 11.5 Å². The van der Waals surface area contributed by atoms with Crippen LogP contribution in [0, 0.1) is 11.3 Å². The molecule has 1 aromatic carbocycles. The van der Waals surface area contributed by atoms with Crippen molar-refractivity contribution < 1.29 is 14.3 Å². The third-order valence-electron chi connectivity index (χ3n) is 7.88. The van der Waals surface area contributed by atoms with Crippen LogP contribution < -0.4 is 11.1 Å². The van der Waals surface area contributed by atoms with E-state index in [1.54, 1.807) is 24.3 Å². The van der Waals surface area contributed by atoms with Crippen molar-refractivity contribution in [2.75, 3.05) is 76.6 Å². The van der Waals surface area contributed by atoms with Crippen molar-refractivity contribution in [3.8, 4) is 17.3 Å². The molecule has 0 bridgehead atoms. The molecule has 0 saturated carbocycles. The zero-order valence-electron chi connectivity index (χ0n) is 26.0. The first-order valence-corrected chi connectivity index (χ1v) is 16.2. The monoisotopic (exact) mass is 665 g/mol. The fraction of sp³-hybridized carbons (Fsp3) is 0.438. The number of hydrogen-bond acceptors (Lipinski definition) is 11. The van der Waals surface area contributed by atoms with Crippen LogP contribution in [0.5, 0.6) is 0 Å². The van der Waals surface area contributed by atoms with Crippen LogP contribution in [-0.2, 0) is 26.5 Å². The summed E-state index contributed by atoms with van der Waals surface area (Å²) in [4.78, 5) is 44.9. The van der Waals surface area contributed by atoms with E-state index in [2.05, 4.69) is 31.2 Å². The Morgan fingerprint density at radius 2 is 1.63 bits per heavy atom. The van der Waals surface area contributed by atoms with Gasteiger partial charge in [-0.25, -0.2) is 9.97 Å². The molecule has 2 saturated heterocycles. The van der Waals surface area contributed by atoms with Gasteiger partial charge in [-0.3, -0.25) is 24.4 Å². The van der Waals surface area contributed by atoms with Gasteiger partial charge in [0.2, 0.25) is 11.8 Å². The molecule has 3 N–H and O–H groups in total. The number of piperazine rings is 1. The Morgan fingerprint density at radius 1 is 0.957 bits per heavy atom. The quantitative estimate of drug-likeness (QED) is 0.229. The predicted octanol–water partition coefficient (Wildman–Crippen LogP) is 3.07. The molecule has 3 aromatic rings. The standard InChI is InChI=1S/C32H39N9O3S.ClH/c1-23(42)35-26-7-5-24(6-8-26)30-28(21-33)31(34)38-32(37-30)45-22-27-4-2-3-25(36-27)9-10-29(43)41-15-13-39(14-16-41)11-12-40-17-19-44-20-18-40;/h2-8H,9-20,22H2,1H3,(H,35,42)(H2,34,37,38);1H. The van der Waals surface area contributed by atoms with Gasteiger partial charge in [-0.2, -0.15) is 5.26 Å². The van der Waals surface area contributed by atoms with Gasteiger partial charge in [0.05, 0.1) is 24.6 Å². The van der Waals surface area contributed by atoms with Gasteiger partial charge in [-0.1, -0.05) is 30.0 Å². The minimum Gasteiger partial charge on any atom is -0.382 e. The van der Waals surface area contributed by atoms with E-state index in [-0.39, 0.29) is 35.6 Å². The fourth-order valence-corrected chi connectivity index (χ4v) is 6.12. The zero-order valence-corrected chi connectivity index (χ0v) is 27.6. The first-order chi connectivity index (χ1) is 21.9. The van der Waals surface area contributed by atoms with Crippen molar-refractivity contribution in [2.24, 2.45) is 0 Å². The number of nitrogens with zero attached hydrogens (tertiary/aromatic N) is 7. The summed E-state index contributed by atoms with van der Waals surface area (Å²) in [6.45, 7) is 10.5. The minimum atomic E-state index is -0.168. The molecule has 2 amide bonds. The van der Waals surface area contributed by atoms with E-state index in [0.717, 1.165) is 77.0 Å². The molecule has 4 heterocycles. The summed E-state index contributed by atoms with van der Waals surface area (Å²) in [5, 5.41) is 12.9. The van der Waals surface area contributed by atoms with Crippen molar-refractivity contribution in [1.82, 2.24) is 29.7 Å². The number of benzene rings is 1. The molecule has 244 valence electrons. The highest BCUT2D eigenvalue weighted by Gasteiger charge is 2.22. The molecule has 5 rings (SSSR count). The van der Waals surface area contributed by atoms with Crippen molar-refractivity contribution in [1.29, 1.82) is 5.26 Å². The first kappa shape index (κ1) is 35.1. The van der Waals surface area contributed by atoms with Crippen molar-refractivity contribution >= 4 is 47.5 Å². The van der Waals surface area contributed by atoms with Gasteiger partial charge in [0, 0.05) is 88.4 Å². The molecular weight excluding hydrogens is 626 g/mol. The highest BCUT2D eigenvalue weighted by Crippen LogP contribution is 2.29. The second-order valence-electron chi connectivity index (χ2n) is 11.1. The summed E-state index contributed by atoms with van der Waals surface area (Å²) >= 11 is 1.38. The maximum atomic E-state index is 13.0. The van der Waals surface area contributed by atoms with E-state index in [9.17, 15) is 14.9 Å². The Hall–Kier alpha value is -3.80. The van der Waals surface area contributed by atoms with E-state index in [0.29, 0.717) is 40.7 Å². The SMILES string of the molecule is CC(=O)Nc1ccc(-c2nc(SCc3cccc(CCC(=O)N4CCN(CCN5CCOCC5)CC4)n3)nc(N)c2C#N)cc1.Cl. The summed E-state index contributed by atoms with van der Waals surface area (Å²) in [6.07, 6.45) is 1.00. The van der Waals surface area contributed by atoms with Gasteiger partial charge in [0.1, 0.15) is 17.5 Å². The number of aromatic nitrogens is 3. The lowest BCUT2D eigenvalue weighted by Gasteiger charge is -2.36. The molecular formula is C32H40ClN9O3S. The number of nitrogens with two attached hydrogens (primary N) is 1. The van der Waals surface area contributed by atoms with Crippen LogP contribution in [0.2, 0.25) is 0 Å². The second kappa shape index (κ2) is 17.2. The molecule has 0 aliphatic carbocycles. The molecule has 14 heteroatoms. The van der Waals surface area contributed by atoms with Crippen LogP contribution >= 0.6 is 24.2 Å². The third kappa shape index (κ3) is 9.85. The largest absolute Gasteiger partial charge is 0.382 e. The average molecular weight is 666 g/mol.